The van der Waals surface area contributed by atoms with Crippen LogP contribution in [0.2, 0.25) is 0 Å². The number of aromatic amines is 2. The van der Waals surface area contributed by atoms with Gasteiger partial charge in [-0.15, -0.1) is 0 Å². The zero-order valence-electron chi connectivity index (χ0n) is 16.9. The average Bonchev–Trinajstić information content (AvgIpc) is 3.33. The molecule has 30 heavy (non-hydrogen) atoms. The number of hydrogen-bond donors (Lipinski definition) is 3. The Bertz CT molecular complexity index is 1320. The van der Waals surface area contributed by atoms with Crippen LogP contribution < -0.4 is 16.2 Å². The molecule has 3 aromatic heterocycles. The van der Waals surface area contributed by atoms with E-state index in [4.69, 9.17) is 10.7 Å². The number of rotatable bonds is 3. The summed E-state index contributed by atoms with van der Waals surface area (Å²) in [6, 6.07) is 6.40. The third-order valence-electron chi connectivity index (χ3n) is 6.38. The first-order chi connectivity index (χ1) is 14.6. The van der Waals surface area contributed by atoms with Crippen molar-refractivity contribution in [3.8, 4) is 11.4 Å². The number of fused-ring (bicyclic) bond motifs is 2. The van der Waals surface area contributed by atoms with E-state index in [0.29, 0.717) is 23.0 Å². The van der Waals surface area contributed by atoms with Crippen molar-refractivity contribution in [3.05, 3.63) is 39.1 Å². The van der Waals surface area contributed by atoms with Crippen LogP contribution in [-0.2, 0) is 0 Å². The summed E-state index contributed by atoms with van der Waals surface area (Å²) in [6.07, 6.45) is 2.50. The molecular weight excluding hydrogens is 443 g/mol. The summed E-state index contributed by atoms with van der Waals surface area (Å²) < 4.78 is 1.04. The second-order valence-electron chi connectivity index (χ2n) is 8.48. The minimum atomic E-state index is -0.186. The standard InChI is InChI=1S/C22H24N6OSe/c1-27-5-7-28(8-6-27)17-11-16-15(10-13(17)12-2-3-12)24-21(25-16)18-19(23)20-14(4-9-30-20)26-22(18)29/h4,9-12H,2-3,5-8H2,1H3,(H,24,25)(H3,23,26,29). The van der Waals surface area contributed by atoms with Crippen molar-refractivity contribution in [2.45, 2.75) is 18.8 Å². The molecule has 4 heterocycles. The number of imidazole rings is 1. The predicted molar refractivity (Wildman–Crippen MR) is 123 cm³/mol. The normalized spacial score (nSPS) is 18.0. The van der Waals surface area contributed by atoms with Crippen molar-refractivity contribution in [1.82, 2.24) is 19.9 Å². The molecule has 0 atom stereocenters. The molecular formula is C22H24N6OSe. The van der Waals surface area contributed by atoms with Crippen LogP contribution >= 0.6 is 0 Å². The van der Waals surface area contributed by atoms with Gasteiger partial charge in [-0.25, -0.2) is 0 Å². The van der Waals surface area contributed by atoms with Crippen LogP contribution in [-0.4, -0.2) is 67.6 Å². The Kier molecular flexibility index (Phi) is 4.10. The molecule has 154 valence electrons. The summed E-state index contributed by atoms with van der Waals surface area (Å²) >= 11 is 0.151. The number of anilines is 2. The Hall–Kier alpha value is -2.54. The molecule has 0 amide bonds. The number of likely N-dealkylation sites (N-methyl/N-ethyl adjacent to an activating group) is 1. The third-order valence-corrected chi connectivity index (χ3v) is 8.37. The molecule has 1 aliphatic carbocycles. The molecule has 0 spiro atoms. The van der Waals surface area contributed by atoms with Gasteiger partial charge in [-0.1, -0.05) is 0 Å². The number of pyridine rings is 1. The summed E-state index contributed by atoms with van der Waals surface area (Å²) in [5.41, 5.74) is 12.7. The van der Waals surface area contributed by atoms with Gasteiger partial charge in [0.1, 0.15) is 0 Å². The first kappa shape index (κ1) is 18.2. The third kappa shape index (κ3) is 2.90. The molecule has 7 nitrogen and oxygen atoms in total. The minimum absolute atomic E-state index is 0.151. The van der Waals surface area contributed by atoms with Gasteiger partial charge in [0, 0.05) is 0 Å². The van der Waals surface area contributed by atoms with E-state index in [0.717, 1.165) is 47.0 Å². The zero-order chi connectivity index (χ0) is 20.4. The Morgan fingerprint density at radius 1 is 1.13 bits per heavy atom. The summed E-state index contributed by atoms with van der Waals surface area (Å²) in [6.45, 7) is 4.21. The van der Waals surface area contributed by atoms with Crippen molar-refractivity contribution >= 4 is 46.7 Å². The molecule has 4 N–H and O–H groups in total. The van der Waals surface area contributed by atoms with Crippen LogP contribution in [0.15, 0.2) is 27.9 Å². The molecule has 1 aliphatic heterocycles. The summed E-state index contributed by atoms with van der Waals surface area (Å²) in [4.78, 5) is 30.9. The number of benzene rings is 1. The van der Waals surface area contributed by atoms with Gasteiger partial charge < -0.3 is 0 Å². The topological polar surface area (TPSA) is 94.0 Å². The average molecular weight is 467 g/mol. The molecule has 1 saturated carbocycles. The number of nitrogens with zero attached hydrogens (tertiary/aromatic N) is 3. The molecule has 4 aromatic rings. The van der Waals surface area contributed by atoms with E-state index < -0.39 is 0 Å². The number of nitrogens with one attached hydrogen (secondary N) is 2. The molecule has 1 aromatic carbocycles. The van der Waals surface area contributed by atoms with E-state index in [2.05, 4.69) is 43.9 Å². The molecule has 0 radical (unpaired) electrons. The van der Waals surface area contributed by atoms with E-state index in [-0.39, 0.29) is 20.1 Å². The van der Waals surface area contributed by atoms with E-state index in [1.807, 2.05) is 6.07 Å². The van der Waals surface area contributed by atoms with Gasteiger partial charge >= 0.3 is 173 Å². The van der Waals surface area contributed by atoms with Crippen LogP contribution in [0.1, 0.15) is 24.3 Å². The van der Waals surface area contributed by atoms with Gasteiger partial charge in [0.2, 0.25) is 0 Å². The number of piperazine rings is 1. The van der Waals surface area contributed by atoms with Crippen molar-refractivity contribution in [1.29, 1.82) is 0 Å². The van der Waals surface area contributed by atoms with Gasteiger partial charge in [0.05, 0.1) is 0 Å². The van der Waals surface area contributed by atoms with E-state index >= 15 is 0 Å². The molecule has 2 fully saturated rings. The number of nitrogens with two attached hydrogens (primary N) is 1. The Morgan fingerprint density at radius 3 is 2.70 bits per heavy atom. The summed E-state index contributed by atoms with van der Waals surface area (Å²) in [7, 11) is 2.18. The Balaban J connectivity index is 1.49. The van der Waals surface area contributed by atoms with Crippen LogP contribution in [0.4, 0.5) is 11.4 Å². The van der Waals surface area contributed by atoms with E-state index in [9.17, 15) is 4.79 Å². The fourth-order valence-electron chi connectivity index (χ4n) is 4.50. The quantitative estimate of drug-likeness (QED) is 0.402. The molecule has 0 bridgehead atoms. The molecule has 0 unspecified atom stereocenters. The Labute approximate surface area is 179 Å². The number of H-pyrrole nitrogens is 2. The fourth-order valence-corrected chi connectivity index (χ4v) is 6.21. The molecule has 6 rings (SSSR count). The Morgan fingerprint density at radius 2 is 1.93 bits per heavy atom. The fraction of sp³-hybridized carbons (Fsp3) is 0.364. The summed E-state index contributed by atoms with van der Waals surface area (Å²) in [5.74, 6) is 1.20. The zero-order valence-corrected chi connectivity index (χ0v) is 18.6. The van der Waals surface area contributed by atoms with Gasteiger partial charge in [-0.05, 0) is 7.05 Å². The van der Waals surface area contributed by atoms with Crippen molar-refractivity contribution in [2.24, 2.45) is 0 Å². The molecule has 2 aliphatic rings. The summed E-state index contributed by atoms with van der Waals surface area (Å²) in [5, 5.41) is 0. The van der Waals surface area contributed by atoms with E-state index in [1.165, 1.54) is 24.1 Å². The maximum absolute atomic E-state index is 12.8. The number of aromatic nitrogens is 3. The van der Waals surface area contributed by atoms with E-state index in [1.54, 1.807) is 0 Å². The second-order valence-corrected chi connectivity index (χ2v) is 10.4. The van der Waals surface area contributed by atoms with Gasteiger partial charge in [0.25, 0.3) is 0 Å². The second kappa shape index (κ2) is 6.74. The maximum atomic E-state index is 12.8. The molecule has 1 saturated heterocycles. The number of hydrogen-bond acceptors (Lipinski definition) is 5. The SMILES string of the molecule is CN1CCN(c2cc3nc(-c4c(N)c5[se]ccc5[nH]c4=O)[nH]c3cc2C2CC2)CC1. The van der Waals surface area contributed by atoms with Gasteiger partial charge in [0.15, 0.2) is 0 Å². The van der Waals surface area contributed by atoms with Crippen molar-refractivity contribution in [3.63, 3.8) is 0 Å². The van der Waals surface area contributed by atoms with Gasteiger partial charge in [-0.2, -0.15) is 0 Å². The van der Waals surface area contributed by atoms with Crippen LogP contribution in [0.3, 0.4) is 0 Å². The first-order valence-electron chi connectivity index (χ1n) is 10.4. The molecule has 8 heteroatoms. The predicted octanol–water partition coefficient (Wildman–Crippen LogP) is 2.34. The number of nitrogen functional groups attached to an aromatic ring is 1. The first-order valence-corrected chi connectivity index (χ1v) is 12.3. The van der Waals surface area contributed by atoms with Gasteiger partial charge in [-0.3, -0.25) is 0 Å². The van der Waals surface area contributed by atoms with Crippen LogP contribution in [0, 0.1) is 0 Å². The van der Waals surface area contributed by atoms with Crippen LogP contribution in [0.5, 0.6) is 0 Å². The van der Waals surface area contributed by atoms with Crippen molar-refractivity contribution in [2.75, 3.05) is 43.9 Å². The van der Waals surface area contributed by atoms with Crippen molar-refractivity contribution < 1.29 is 0 Å². The van der Waals surface area contributed by atoms with Crippen LogP contribution in [0.25, 0.3) is 32.2 Å². The monoisotopic (exact) mass is 468 g/mol.